The van der Waals surface area contributed by atoms with Crippen LogP contribution in [0.2, 0.25) is 0 Å². The fourth-order valence-corrected chi connectivity index (χ4v) is 5.31. The number of hydrogen-bond acceptors (Lipinski definition) is 8. The number of anilines is 2. The van der Waals surface area contributed by atoms with Gasteiger partial charge >= 0.3 is 0 Å². The maximum atomic E-state index is 11.4. The third kappa shape index (κ3) is 12.5. The highest BCUT2D eigenvalue weighted by Crippen LogP contribution is 2.17. The van der Waals surface area contributed by atoms with Crippen molar-refractivity contribution in [2.75, 3.05) is 47.5 Å². The number of hydrogen-bond donors (Lipinski definition) is 0. The second kappa shape index (κ2) is 19.7. The van der Waals surface area contributed by atoms with Crippen LogP contribution in [0.1, 0.15) is 98.1 Å². The molecule has 2 saturated heterocycles. The number of aromatic nitrogens is 4. The quantitative estimate of drug-likeness (QED) is 0.402. The first-order chi connectivity index (χ1) is 18.5. The molecule has 4 rings (SSSR count). The number of nitrogens with zero attached hydrogens (tertiary/aromatic N) is 6. The molecule has 0 bridgehead atoms. The minimum atomic E-state index is -2.83. The van der Waals surface area contributed by atoms with Crippen LogP contribution in [0, 0.1) is 0 Å². The second-order valence-corrected chi connectivity index (χ2v) is 11.4. The Morgan fingerprint density at radius 3 is 1.53 bits per heavy atom. The minimum absolute atomic E-state index is 0.224. The summed E-state index contributed by atoms with van der Waals surface area (Å²) in [6, 6.07) is 3.90. The van der Waals surface area contributed by atoms with Crippen LogP contribution in [0.25, 0.3) is 0 Å². The van der Waals surface area contributed by atoms with E-state index in [1.807, 2.05) is 50.9 Å². The lowest BCUT2D eigenvalue weighted by Crippen LogP contribution is -2.40. The molecular formula is C29H52N6O2S. The molecule has 0 saturated carbocycles. The van der Waals surface area contributed by atoms with Crippen molar-refractivity contribution in [2.45, 2.75) is 99.3 Å². The average Bonchev–Trinajstić information content (AvgIpc) is 2.98. The van der Waals surface area contributed by atoms with E-state index in [2.05, 4.69) is 38.7 Å². The van der Waals surface area contributed by atoms with Crippen molar-refractivity contribution in [1.29, 1.82) is 0 Å². The van der Waals surface area contributed by atoms with Crippen molar-refractivity contribution in [3.05, 3.63) is 36.2 Å². The molecule has 8 nitrogen and oxygen atoms in total. The summed E-state index contributed by atoms with van der Waals surface area (Å²) >= 11 is 0. The lowest BCUT2D eigenvalue weighted by Gasteiger charge is -2.27. The van der Waals surface area contributed by atoms with Crippen molar-refractivity contribution >= 4 is 21.5 Å². The molecule has 2 aromatic heterocycles. The van der Waals surface area contributed by atoms with E-state index in [1.54, 1.807) is 6.20 Å². The number of aryl methyl sites for hydroxylation is 2. The van der Waals surface area contributed by atoms with Crippen LogP contribution in [0.4, 0.5) is 11.6 Å². The van der Waals surface area contributed by atoms with E-state index in [-0.39, 0.29) is 11.5 Å². The summed E-state index contributed by atoms with van der Waals surface area (Å²) in [7, 11) is -2.83. The monoisotopic (exact) mass is 548 g/mol. The zero-order chi connectivity index (χ0) is 28.2. The first kappa shape index (κ1) is 33.7. The van der Waals surface area contributed by atoms with Crippen molar-refractivity contribution in [3.8, 4) is 0 Å². The molecule has 9 heteroatoms. The van der Waals surface area contributed by atoms with Gasteiger partial charge in [0.1, 0.15) is 23.3 Å². The molecule has 0 aromatic carbocycles. The summed E-state index contributed by atoms with van der Waals surface area (Å²) in [6.45, 7) is 15.7. The Kier molecular flexibility index (Phi) is 17.5. The largest absolute Gasteiger partial charge is 0.357 e. The molecule has 4 heterocycles. The Bertz CT molecular complexity index is 967. The average molecular weight is 549 g/mol. The highest BCUT2D eigenvalue weighted by atomic mass is 32.2. The van der Waals surface area contributed by atoms with Crippen molar-refractivity contribution < 1.29 is 8.42 Å². The molecule has 38 heavy (non-hydrogen) atoms. The van der Waals surface area contributed by atoms with Gasteiger partial charge in [-0.05, 0) is 44.2 Å². The number of piperidine rings is 1. The van der Waals surface area contributed by atoms with Crippen LogP contribution in [0.3, 0.4) is 0 Å². The molecular weight excluding hydrogens is 496 g/mol. The van der Waals surface area contributed by atoms with E-state index < -0.39 is 9.84 Å². The minimum Gasteiger partial charge on any atom is -0.357 e. The SMILES string of the molecule is CC.CC.CCCCc1nccc(N2CCCCC2)n1.CCCCc1nccc(N2CCS(=O)(=O)CC2)n1. The summed E-state index contributed by atoms with van der Waals surface area (Å²) in [6.07, 6.45) is 14.1. The summed E-state index contributed by atoms with van der Waals surface area (Å²) in [4.78, 5) is 22.1. The standard InChI is InChI=1S/C13H21N3.C12H19N3O2S.2C2H6/c1-2-3-7-12-14-9-8-13(15-12)16-10-5-4-6-11-16;1-2-3-4-11-13-6-5-12(14-11)15-7-9-18(16,17)10-8-15;2*1-2/h8-9H,2-7,10-11H2,1H3;5-6H,2-4,7-10H2,1H3;2*1-2H3. The molecule has 2 fully saturated rings. The van der Waals surface area contributed by atoms with Crippen LogP contribution in [0.5, 0.6) is 0 Å². The van der Waals surface area contributed by atoms with Gasteiger partial charge in [0.15, 0.2) is 9.84 Å². The van der Waals surface area contributed by atoms with Gasteiger partial charge in [-0.1, -0.05) is 54.4 Å². The van der Waals surface area contributed by atoms with Crippen molar-refractivity contribution in [2.24, 2.45) is 0 Å². The van der Waals surface area contributed by atoms with Gasteiger partial charge in [-0.3, -0.25) is 0 Å². The van der Waals surface area contributed by atoms with Crippen LogP contribution in [-0.4, -0.2) is 66.0 Å². The second-order valence-electron chi connectivity index (χ2n) is 9.06. The van der Waals surface area contributed by atoms with Gasteiger partial charge in [-0.25, -0.2) is 28.4 Å². The fourth-order valence-electron chi connectivity index (χ4n) is 4.10. The van der Waals surface area contributed by atoms with E-state index in [0.717, 1.165) is 62.1 Å². The molecule has 0 unspecified atom stereocenters. The lowest BCUT2D eigenvalue weighted by atomic mass is 10.1. The van der Waals surface area contributed by atoms with Gasteiger partial charge in [0.25, 0.3) is 0 Å². The molecule has 216 valence electrons. The van der Waals surface area contributed by atoms with Crippen LogP contribution < -0.4 is 9.80 Å². The third-order valence-electron chi connectivity index (χ3n) is 6.24. The van der Waals surface area contributed by atoms with Gasteiger partial charge in [-0.15, -0.1) is 0 Å². The summed E-state index contributed by atoms with van der Waals surface area (Å²) in [5.74, 6) is 4.28. The third-order valence-corrected chi connectivity index (χ3v) is 7.85. The molecule has 0 N–H and O–H groups in total. The number of rotatable bonds is 8. The predicted molar refractivity (Wildman–Crippen MR) is 161 cm³/mol. The van der Waals surface area contributed by atoms with Crippen LogP contribution in [-0.2, 0) is 22.7 Å². The van der Waals surface area contributed by atoms with E-state index in [1.165, 1.54) is 32.1 Å². The molecule has 2 aliphatic rings. The van der Waals surface area contributed by atoms with Crippen molar-refractivity contribution in [3.63, 3.8) is 0 Å². The lowest BCUT2D eigenvalue weighted by molar-refractivity contribution is 0.571. The zero-order valence-corrected chi connectivity index (χ0v) is 25.6. The van der Waals surface area contributed by atoms with Gasteiger partial charge in [0, 0.05) is 51.4 Å². The van der Waals surface area contributed by atoms with E-state index >= 15 is 0 Å². The first-order valence-corrected chi connectivity index (χ1v) is 16.7. The first-order valence-electron chi connectivity index (χ1n) is 14.8. The normalized spacial score (nSPS) is 16.2. The Morgan fingerprint density at radius 2 is 1.11 bits per heavy atom. The number of unbranched alkanes of at least 4 members (excludes halogenated alkanes) is 2. The summed E-state index contributed by atoms with van der Waals surface area (Å²) in [5.41, 5.74) is 0. The van der Waals surface area contributed by atoms with E-state index in [9.17, 15) is 8.42 Å². The molecule has 0 amide bonds. The smallest absolute Gasteiger partial charge is 0.153 e. The molecule has 2 aromatic rings. The summed E-state index contributed by atoms with van der Waals surface area (Å²) in [5, 5.41) is 0. The van der Waals surface area contributed by atoms with Gasteiger partial charge in [0.2, 0.25) is 0 Å². The van der Waals surface area contributed by atoms with Crippen molar-refractivity contribution in [1.82, 2.24) is 19.9 Å². The number of sulfone groups is 1. The molecule has 0 atom stereocenters. The maximum Gasteiger partial charge on any atom is 0.153 e. The molecule has 0 aliphatic carbocycles. The predicted octanol–water partition coefficient (Wildman–Crippen LogP) is 5.92. The topological polar surface area (TPSA) is 92.2 Å². The molecule has 2 aliphatic heterocycles. The zero-order valence-electron chi connectivity index (χ0n) is 24.8. The van der Waals surface area contributed by atoms with E-state index in [0.29, 0.717) is 13.1 Å². The Balaban J connectivity index is 0.000000338. The Hall–Kier alpha value is -2.29. The highest BCUT2D eigenvalue weighted by Gasteiger charge is 2.22. The van der Waals surface area contributed by atoms with Gasteiger partial charge in [-0.2, -0.15) is 0 Å². The Labute approximate surface area is 232 Å². The highest BCUT2D eigenvalue weighted by molar-refractivity contribution is 7.91. The fraction of sp³-hybridized carbons (Fsp3) is 0.724. The van der Waals surface area contributed by atoms with Crippen LogP contribution in [0.15, 0.2) is 24.5 Å². The van der Waals surface area contributed by atoms with E-state index in [4.69, 9.17) is 0 Å². The maximum absolute atomic E-state index is 11.4. The van der Waals surface area contributed by atoms with Crippen LogP contribution >= 0.6 is 0 Å². The van der Waals surface area contributed by atoms with Gasteiger partial charge < -0.3 is 9.80 Å². The summed E-state index contributed by atoms with van der Waals surface area (Å²) < 4.78 is 22.8. The Morgan fingerprint density at radius 1 is 0.684 bits per heavy atom. The van der Waals surface area contributed by atoms with Gasteiger partial charge in [0.05, 0.1) is 11.5 Å². The molecule has 0 radical (unpaired) electrons. The molecule has 0 spiro atoms.